The molecule has 0 aliphatic carbocycles. The fraction of sp³-hybridized carbons (Fsp3) is 0.846. The van der Waals surface area contributed by atoms with Gasteiger partial charge in [0.2, 0.25) is 11.7 Å². The van der Waals surface area contributed by atoms with Gasteiger partial charge in [0.15, 0.2) is 0 Å². The fourth-order valence-corrected chi connectivity index (χ4v) is 2.72. The lowest BCUT2D eigenvalue weighted by Crippen LogP contribution is -2.37. The fourth-order valence-electron chi connectivity index (χ4n) is 2.72. The van der Waals surface area contributed by atoms with Crippen LogP contribution >= 0.6 is 0 Å². The molecule has 3 unspecified atom stereocenters. The normalized spacial score (nSPS) is 36.3. The van der Waals surface area contributed by atoms with E-state index in [1.54, 1.807) is 0 Å². The lowest BCUT2D eigenvalue weighted by Gasteiger charge is -2.30. The van der Waals surface area contributed by atoms with Crippen molar-refractivity contribution in [1.29, 1.82) is 0 Å². The largest absolute Gasteiger partial charge is 0.381 e. The van der Waals surface area contributed by atoms with Gasteiger partial charge in [-0.2, -0.15) is 4.98 Å². The van der Waals surface area contributed by atoms with Gasteiger partial charge in [-0.25, -0.2) is 0 Å². The van der Waals surface area contributed by atoms with Crippen LogP contribution < -0.4 is 5.73 Å². The minimum Gasteiger partial charge on any atom is -0.381 e. The smallest absolute Gasteiger partial charge is 0.233 e. The van der Waals surface area contributed by atoms with Crippen LogP contribution in [0.25, 0.3) is 0 Å². The molecule has 0 spiro atoms. The zero-order valence-corrected chi connectivity index (χ0v) is 11.3. The molecule has 0 aromatic carbocycles. The van der Waals surface area contributed by atoms with Crippen LogP contribution in [0.2, 0.25) is 0 Å². The van der Waals surface area contributed by atoms with Crippen molar-refractivity contribution in [3.8, 4) is 0 Å². The summed E-state index contributed by atoms with van der Waals surface area (Å²) in [5.41, 5.74) is 5.68. The first-order valence-electron chi connectivity index (χ1n) is 7.00. The molecule has 2 fully saturated rings. The zero-order chi connectivity index (χ0) is 13.3. The summed E-state index contributed by atoms with van der Waals surface area (Å²) in [6.07, 6.45) is 3.99. The standard InChI is InChI=1S/C13H21N3O3/c1-13(5-2-3-6-18-13)12-15-11(19-16-12)9-8-17-7-4-10(9)14/h9-10H,2-8,14H2,1H3. The molecule has 0 amide bonds. The van der Waals surface area contributed by atoms with E-state index in [1.165, 1.54) is 0 Å². The summed E-state index contributed by atoms with van der Waals surface area (Å²) in [4.78, 5) is 4.52. The lowest BCUT2D eigenvalue weighted by atomic mass is 9.94. The van der Waals surface area contributed by atoms with Crippen LogP contribution in [-0.4, -0.2) is 36.0 Å². The van der Waals surface area contributed by atoms with E-state index < -0.39 is 5.60 Å². The van der Waals surface area contributed by atoms with E-state index in [-0.39, 0.29) is 12.0 Å². The first-order chi connectivity index (χ1) is 9.19. The molecule has 2 aliphatic rings. The van der Waals surface area contributed by atoms with E-state index in [0.29, 0.717) is 24.9 Å². The molecular formula is C13H21N3O3. The van der Waals surface area contributed by atoms with Gasteiger partial charge in [0.25, 0.3) is 0 Å². The summed E-state index contributed by atoms with van der Waals surface area (Å²) in [7, 11) is 0. The molecule has 3 heterocycles. The minimum absolute atomic E-state index is 0.00203. The van der Waals surface area contributed by atoms with Crippen LogP contribution in [0, 0.1) is 0 Å². The Labute approximate surface area is 112 Å². The molecule has 2 N–H and O–H groups in total. The Balaban J connectivity index is 1.78. The van der Waals surface area contributed by atoms with Crippen LogP contribution in [0.5, 0.6) is 0 Å². The van der Waals surface area contributed by atoms with E-state index in [4.69, 9.17) is 19.7 Å². The second kappa shape index (κ2) is 5.19. The van der Waals surface area contributed by atoms with E-state index >= 15 is 0 Å². The van der Waals surface area contributed by atoms with Gasteiger partial charge in [0.05, 0.1) is 12.5 Å². The second-order valence-electron chi connectivity index (χ2n) is 5.63. The number of nitrogens with zero attached hydrogens (tertiary/aromatic N) is 2. The van der Waals surface area contributed by atoms with E-state index in [0.717, 1.165) is 32.3 Å². The number of hydrogen-bond donors (Lipinski definition) is 1. The van der Waals surface area contributed by atoms with Crippen LogP contribution in [0.3, 0.4) is 0 Å². The second-order valence-corrected chi connectivity index (χ2v) is 5.63. The van der Waals surface area contributed by atoms with Crippen molar-refractivity contribution >= 4 is 0 Å². The third-order valence-corrected chi connectivity index (χ3v) is 4.11. The predicted octanol–water partition coefficient (Wildman–Crippen LogP) is 1.32. The number of hydrogen-bond acceptors (Lipinski definition) is 6. The number of ether oxygens (including phenoxy) is 2. The zero-order valence-electron chi connectivity index (χ0n) is 11.3. The Morgan fingerprint density at radius 3 is 2.95 bits per heavy atom. The Kier molecular flexibility index (Phi) is 3.56. The summed E-state index contributed by atoms with van der Waals surface area (Å²) in [5, 5.41) is 4.10. The summed E-state index contributed by atoms with van der Waals surface area (Å²) < 4.78 is 16.7. The quantitative estimate of drug-likeness (QED) is 0.870. The third-order valence-electron chi connectivity index (χ3n) is 4.11. The monoisotopic (exact) mass is 267 g/mol. The summed E-state index contributed by atoms with van der Waals surface area (Å²) in [6.45, 7) is 4.05. The first-order valence-corrected chi connectivity index (χ1v) is 7.00. The molecule has 3 atom stereocenters. The van der Waals surface area contributed by atoms with Crippen molar-refractivity contribution in [3.05, 3.63) is 11.7 Å². The topological polar surface area (TPSA) is 83.4 Å². The highest BCUT2D eigenvalue weighted by Crippen LogP contribution is 2.34. The Morgan fingerprint density at radius 2 is 2.21 bits per heavy atom. The van der Waals surface area contributed by atoms with E-state index in [2.05, 4.69) is 10.1 Å². The Hall–Kier alpha value is -0.980. The van der Waals surface area contributed by atoms with Gasteiger partial charge in [-0.15, -0.1) is 0 Å². The molecule has 6 heteroatoms. The van der Waals surface area contributed by atoms with Crippen molar-refractivity contribution in [1.82, 2.24) is 10.1 Å². The van der Waals surface area contributed by atoms with Crippen molar-refractivity contribution in [2.24, 2.45) is 5.73 Å². The summed E-state index contributed by atoms with van der Waals surface area (Å²) in [5.74, 6) is 1.22. The molecule has 3 rings (SSSR count). The van der Waals surface area contributed by atoms with E-state index in [1.807, 2.05) is 6.92 Å². The lowest BCUT2D eigenvalue weighted by molar-refractivity contribution is -0.0770. The summed E-state index contributed by atoms with van der Waals surface area (Å²) >= 11 is 0. The molecule has 106 valence electrons. The SMILES string of the molecule is CC1(c2noc(C3COCCC3N)n2)CCCCO1. The van der Waals surface area contributed by atoms with Crippen molar-refractivity contribution in [2.45, 2.75) is 50.2 Å². The van der Waals surface area contributed by atoms with Gasteiger partial charge in [-0.3, -0.25) is 0 Å². The maximum absolute atomic E-state index is 6.09. The van der Waals surface area contributed by atoms with Gasteiger partial charge >= 0.3 is 0 Å². The van der Waals surface area contributed by atoms with E-state index in [9.17, 15) is 0 Å². The highest BCUT2D eigenvalue weighted by molar-refractivity contribution is 5.05. The van der Waals surface area contributed by atoms with Gasteiger partial charge in [-0.1, -0.05) is 5.16 Å². The molecule has 6 nitrogen and oxygen atoms in total. The molecule has 1 aromatic rings. The van der Waals surface area contributed by atoms with Crippen LogP contribution in [-0.2, 0) is 15.1 Å². The van der Waals surface area contributed by atoms with Gasteiger partial charge in [0.1, 0.15) is 5.60 Å². The number of aromatic nitrogens is 2. The number of nitrogens with two attached hydrogens (primary N) is 1. The van der Waals surface area contributed by atoms with Crippen LogP contribution in [0.1, 0.15) is 50.2 Å². The average molecular weight is 267 g/mol. The van der Waals surface area contributed by atoms with Gasteiger partial charge < -0.3 is 19.7 Å². The molecular weight excluding hydrogens is 246 g/mol. The molecule has 2 saturated heterocycles. The maximum atomic E-state index is 6.09. The van der Waals surface area contributed by atoms with Gasteiger partial charge in [0, 0.05) is 19.3 Å². The highest BCUT2D eigenvalue weighted by Gasteiger charge is 2.37. The molecule has 19 heavy (non-hydrogen) atoms. The van der Waals surface area contributed by atoms with Crippen LogP contribution in [0.15, 0.2) is 4.52 Å². The Morgan fingerprint density at radius 1 is 1.32 bits per heavy atom. The Bertz CT molecular complexity index is 429. The minimum atomic E-state index is -0.417. The first kappa shape index (κ1) is 13.0. The number of rotatable bonds is 2. The summed E-state index contributed by atoms with van der Waals surface area (Å²) in [6, 6.07) is 0.0298. The van der Waals surface area contributed by atoms with Crippen molar-refractivity contribution < 1.29 is 14.0 Å². The van der Waals surface area contributed by atoms with Crippen molar-refractivity contribution in [2.75, 3.05) is 19.8 Å². The predicted molar refractivity (Wildman–Crippen MR) is 67.6 cm³/mol. The molecule has 0 saturated carbocycles. The highest BCUT2D eigenvalue weighted by atomic mass is 16.5. The maximum Gasteiger partial charge on any atom is 0.233 e. The van der Waals surface area contributed by atoms with Crippen LogP contribution in [0.4, 0.5) is 0 Å². The van der Waals surface area contributed by atoms with Gasteiger partial charge in [-0.05, 0) is 32.6 Å². The molecule has 1 aromatic heterocycles. The average Bonchev–Trinajstić information content (AvgIpc) is 2.90. The third kappa shape index (κ3) is 2.52. The molecule has 2 aliphatic heterocycles. The molecule has 0 bridgehead atoms. The van der Waals surface area contributed by atoms with Crippen molar-refractivity contribution in [3.63, 3.8) is 0 Å². The molecule has 0 radical (unpaired) electrons.